The molecule has 0 unspecified atom stereocenters. The largest absolute Gasteiger partial charge is 0.507 e. The third-order valence-electron chi connectivity index (χ3n) is 2.49. The Hall–Kier alpha value is -0.720. The molecule has 0 heterocycles. The van der Waals surface area contributed by atoms with Gasteiger partial charge in [-0.2, -0.15) is 13.2 Å². The molecule has 0 aliphatic carbocycles. The molecular formula is C12H14BrClF3NO. The van der Waals surface area contributed by atoms with Crippen molar-refractivity contribution in [3.63, 3.8) is 0 Å². The number of rotatable bonds is 4. The van der Waals surface area contributed by atoms with Crippen LogP contribution >= 0.6 is 28.3 Å². The third-order valence-corrected chi connectivity index (χ3v) is 2.95. The van der Waals surface area contributed by atoms with Crippen LogP contribution in [0.2, 0.25) is 0 Å². The van der Waals surface area contributed by atoms with E-state index in [4.69, 9.17) is 5.73 Å². The number of aromatic hydroxyl groups is 1. The van der Waals surface area contributed by atoms with Crippen molar-refractivity contribution in [3.05, 3.63) is 40.4 Å². The first-order valence-electron chi connectivity index (χ1n) is 5.23. The fraction of sp³-hybridized carbons (Fsp3) is 0.333. The van der Waals surface area contributed by atoms with E-state index < -0.39 is 23.5 Å². The van der Waals surface area contributed by atoms with Gasteiger partial charge >= 0.3 is 6.18 Å². The summed E-state index contributed by atoms with van der Waals surface area (Å²) in [7, 11) is 0. The van der Waals surface area contributed by atoms with Gasteiger partial charge in [-0.15, -0.1) is 19.0 Å². The van der Waals surface area contributed by atoms with Crippen molar-refractivity contribution in [1.82, 2.24) is 0 Å². The van der Waals surface area contributed by atoms with Crippen LogP contribution in [0.1, 0.15) is 30.0 Å². The Labute approximate surface area is 124 Å². The molecule has 1 atom stereocenters. The highest BCUT2D eigenvalue weighted by Crippen LogP contribution is 2.41. The summed E-state index contributed by atoms with van der Waals surface area (Å²) >= 11 is 2.99. The van der Waals surface area contributed by atoms with Gasteiger partial charge in [-0.25, -0.2) is 0 Å². The summed E-state index contributed by atoms with van der Waals surface area (Å²) in [5, 5.41) is 9.67. The van der Waals surface area contributed by atoms with Crippen molar-refractivity contribution >= 4 is 28.3 Å². The van der Waals surface area contributed by atoms with Gasteiger partial charge in [0, 0.05) is 16.1 Å². The zero-order valence-corrected chi connectivity index (χ0v) is 12.3. The van der Waals surface area contributed by atoms with E-state index in [-0.39, 0.29) is 22.4 Å². The van der Waals surface area contributed by atoms with E-state index in [1.807, 2.05) is 0 Å². The smallest absolute Gasteiger partial charge is 0.420 e. The highest BCUT2D eigenvalue weighted by atomic mass is 79.9. The first-order valence-corrected chi connectivity index (χ1v) is 6.02. The predicted octanol–water partition coefficient (Wildman–Crippen LogP) is 4.56. The van der Waals surface area contributed by atoms with Crippen LogP contribution in [0.25, 0.3) is 0 Å². The zero-order valence-electron chi connectivity index (χ0n) is 9.88. The number of alkyl halides is 3. The fourth-order valence-corrected chi connectivity index (χ4v) is 2.05. The van der Waals surface area contributed by atoms with E-state index in [0.717, 1.165) is 6.07 Å². The van der Waals surface area contributed by atoms with Crippen LogP contribution in [0.4, 0.5) is 13.2 Å². The van der Waals surface area contributed by atoms with Gasteiger partial charge in [0.15, 0.2) is 0 Å². The Balaban J connectivity index is 0.00000324. The molecule has 0 saturated carbocycles. The second-order valence-corrected chi connectivity index (χ2v) is 4.78. The molecule has 2 nitrogen and oxygen atoms in total. The topological polar surface area (TPSA) is 46.2 Å². The first-order chi connectivity index (χ1) is 8.27. The van der Waals surface area contributed by atoms with Crippen LogP contribution in [0, 0.1) is 0 Å². The first kappa shape index (κ1) is 18.3. The molecule has 0 fully saturated rings. The van der Waals surface area contributed by atoms with Crippen molar-refractivity contribution in [2.24, 2.45) is 5.73 Å². The molecule has 0 spiro atoms. The number of allylic oxidation sites excluding steroid dienone is 1. The minimum Gasteiger partial charge on any atom is -0.507 e. The Morgan fingerprint density at radius 3 is 2.47 bits per heavy atom. The van der Waals surface area contributed by atoms with Gasteiger partial charge in [-0.05, 0) is 25.0 Å². The summed E-state index contributed by atoms with van der Waals surface area (Å²) in [5.74, 6) is -0.803. The van der Waals surface area contributed by atoms with E-state index in [1.165, 1.54) is 6.07 Å². The van der Waals surface area contributed by atoms with Crippen molar-refractivity contribution < 1.29 is 18.3 Å². The molecule has 3 N–H and O–H groups in total. The van der Waals surface area contributed by atoms with Crippen LogP contribution in [-0.2, 0) is 6.18 Å². The molecule has 0 aromatic heterocycles. The molecule has 0 aliphatic rings. The van der Waals surface area contributed by atoms with Crippen LogP contribution in [0.15, 0.2) is 29.3 Å². The molecular weight excluding hydrogens is 346 g/mol. The minimum atomic E-state index is -4.61. The molecule has 0 radical (unpaired) electrons. The number of hydrogen-bond acceptors (Lipinski definition) is 2. The molecule has 19 heavy (non-hydrogen) atoms. The van der Waals surface area contributed by atoms with Crippen LogP contribution in [0.3, 0.4) is 0 Å². The number of benzene rings is 1. The zero-order chi connectivity index (χ0) is 13.9. The van der Waals surface area contributed by atoms with E-state index in [1.54, 1.807) is 6.08 Å². The van der Waals surface area contributed by atoms with Crippen molar-refractivity contribution in [1.29, 1.82) is 0 Å². The summed E-state index contributed by atoms with van der Waals surface area (Å²) in [6.45, 7) is 3.52. The minimum absolute atomic E-state index is 0. The maximum Gasteiger partial charge on any atom is 0.420 e. The Kier molecular flexibility index (Phi) is 6.89. The standard InChI is InChI=1S/C12H13BrF3NO.ClH/c1-2-3-4-10(17)8-5-7(13)6-9(11(8)18)12(14,15)16;/h2,5-6,10,18H,1,3-4,17H2;1H/t10-;/m1./s1. The van der Waals surface area contributed by atoms with Crippen LogP contribution in [0.5, 0.6) is 5.75 Å². The highest BCUT2D eigenvalue weighted by molar-refractivity contribution is 9.10. The lowest BCUT2D eigenvalue weighted by Gasteiger charge is -2.17. The number of halogens is 5. The van der Waals surface area contributed by atoms with Gasteiger partial charge in [0.25, 0.3) is 0 Å². The Morgan fingerprint density at radius 1 is 1.42 bits per heavy atom. The highest BCUT2D eigenvalue weighted by Gasteiger charge is 2.35. The van der Waals surface area contributed by atoms with Crippen molar-refractivity contribution in [3.8, 4) is 5.75 Å². The number of phenols is 1. The maximum absolute atomic E-state index is 12.7. The van der Waals surface area contributed by atoms with Gasteiger partial charge < -0.3 is 10.8 Å². The summed E-state index contributed by atoms with van der Waals surface area (Å²) in [6.07, 6.45) is -2.00. The lowest BCUT2D eigenvalue weighted by Crippen LogP contribution is -2.13. The van der Waals surface area contributed by atoms with Gasteiger partial charge in [-0.3, -0.25) is 0 Å². The summed E-state index contributed by atoms with van der Waals surface area (Å²) in [5.41, 5.74) is 4.77. The number of phenolic OH excluding ortho intramolecular Hbond substituents is 1. The van der Waals surface area contributed by atoms with Gasteiger partial charge in [-0.1, -0.05) is 22.0 Å². The molecule has 7 heteroatoms. The van der Waals surface area contributed by atoms with Gasteiger partial charge in [0.05, 0.1) is 5.56 Å². The quantitative estimate of drug-likeness (QED) is 0.773. The monoisotopic (exact) mass is 359 g/mol. The fourth-order valence-electron chi connectivity index (χ4n) is 1.57. The van der Waals surface area contributed by atoms with Crippen molar-refractivity contribution in [2.75, 3.05) is 0 Å². The van der Waals surface area contributed by atoms with Crippen molar-refractivity contribution in [2.45, 2.75) is 25.1 Å². The maximum atomic E-state index is 12.7. The molecule has 0 amide bonds. The Bertz CT molecular complexity index is 451. The number of hydrogen-bond donors (Lipinski definition) is 2. The molecule has 108 valence electrons. The molecule has 0 bridgehead atoms. The summed E-state index contributed by atoms with van der Waals surface area (Å²) in [4.78, 5) is 0. The SMILES string of the molecule is C=CCC[C@@H](N)c1cc(Br)cc(C(F)(F)F)c1O.Cl. The lowest BCUT2D eigenvalue weighted by molar-refractivity contribution is -0.138. The van der Waals surface area contributed by atoms with Crippen LogP contribution < -0.4 is 5.73 Å². The summed E-state index contributed by atoms with van der Waals surface area (Å²) < 4.78 is 38.3. The van der Waals surface area contributed by atoms with E-state index >= 15 is 0 Å². The average molecular weight is 361 g/mol. The van der Waals surface area contributed by atoms with Gasteiger partial charge in [0.1, 0.15) is 5.75 Å². The molecule has 1 aromatic rings. The summed E-state index contributed by atoms with van der Waals surface area (Å²) in [6, 6.07) is 1.57. The van der Waals surface area contributed by atoms with Gasteiger partial charge in [0.2, 0.25) is 0 Å². The molecule has 0 aliphatic heterocycles. The number of nitrogens with two attached hydrogens (primary N) is 1. The Morgan fingerprint density at radius 2 is 2.00 bits per heavy atom. The lowest BCUT2D eigenvalue weighted by atomic mass is 9.99. The van der Waals surface area contributed by atoms with E-state index in [9.17, 15) is 18.3 Å². The third kappa shape index (κ3) is 4.71. The normalized spacial score (nSPS) is 12.7. The van der Waals surface area contributed by atoms with E-state index in [0.29, 0.717) is 12.8 Å². The second-order valence-electron chi connectivity index (χ2n) is 3.86. The average Bonchev–Trinajstić information content (AvgIpc) is 2.27. The van der Waals surface area contributed by atoms with E-state index in [2.05, 4.69) is 22.5 Å². The van der Waals surface area contributed by atoms with Crippen LogP contribution in [-0.4, -0.2) is 5.11 Å². The molecule has 0 saturated heterocycles. The second kappa shape index (κ2) is 7.17. The predicted molar refractivity (Wildman–Crippen MR) is 74.4 cm³/mol. The molecule has 1 aromatic carbocycles. The molecule has 1 rings (SSSR count).